The molecule has 116 valence electrons. The monoisotopic (exact) mass is 288 g/mol. The number of anilines is 2. The summed E-state index contributed by atoms with van der Waals surface area (Å²) >= 11 is 0. The summed E-state index contributed by atoms with van der Waals surface area (Å²) in [6.45, 7) is 8.65. The van der Waals surface area contributed by atoms with Gasteiger partial charge >= 0.3 is 0 Å². The van der Waals surface area contributed by atoms with E-state index in [9.17, 15) is 4.79 Å². The summed E-state index contributed by atoms with van der Waals surface area (Å²) in [4.78, 5) is 11.6. The van der Waals surface area contributed by atoms with E-state index < -0.39 is 0 Å². The average Bonchev–Trinajstić information content (AvgIpc) is 2.42. The average molecular weight is 288 g/mol. The lowest BCUT2D eigenvalue weighted by Gasteiger charge is -2.36. The number of rotatable bonds is 4. The molecule has 1 fully saturated rings. The van der Waals surface area contributed by atoms with Crippen molar-refractivity contribution in [3.63, 3.8) is 0 Å². The van der Waals surface area contributed by atoms with Crippen LogP contribution in [-0.2, 0) is 4.79 Å². The zero-order valence-electron chi connectivity index (χ0n) is 13.8. The Kier molecular flexibility index (Phi) is 4.92. The zero-order valence-corrected chi connectivity index (χ0v) is 13.8. The van der Waals surface area contributed by atoms with Gasteiger partial charge in [0.2, 0.25) is 5.91 Å². The van der Waals surface area contributed by atoms with Crippen LogP contribution in [0.1, 0.15) is 58.4 Å². The molecule has 1 amide bonds. The lowest BCUT2D eigenvalue weighted by Crippen LogP contribution is -2.32. The van der Waals surface area contributed by atoms with E-state index in [-0.39, 0.29) is 5.91 Å². The molecule has 1 aliphatic carbocycles. The fraction of sp³-hybridized carbons (Fsp3) is 0.611. The number of amides is 1. The molecule has 3 nitrogen and oxygen atoms in total. The second kappa shape index (κ2) is 6.50. The molecule has 1 unspecified atom stereocenters. The third-order valence-electron chi connectivity index (χ3n) is 4.49. The molecule has 1 saturated carbocycles. The van der Waals surface area contributed by atoms with Gasteiger partial charge < -0.3 is 10.6 Å². The minimum absolute atomic E-state index is 0.0639. The third kappa shape index (κ3) is 4.23. The van der Waals surface area contributed by atoms with Crippen LogP contribution < -0.4 is 10.6 Å². The molecule has 0 saturated heterocycles. The van der Waals surface area contributed by atoms with E-state index in [1.165, 1.54) is 25.7 Å². The maximum absolute atomic E-state index is 11.6. The molecule has 0 radical (unpaired) electrons. The van der Waals surface area contributed by atoms with Crippen molar-refractivity contribution in [3.05, 3.63) is 23.8 Å². The fourth-order valence-corrected chi connectivity index (χ4v) is 3.21. The van der Waals surface area contributed by atoms with Gasteiger partial charge in [-0.3, -0.25) is 4.79 Å². The van der Waals surface area contributed by atoms with Crippen LogP contribution >= 0.6 is 0 Å². The van der Waals surface area contributed by atoms with Gasteiger partial charge in [0.1, 0.15) is 0 Å². The smallest absolute Gasteiger partial charge is 0.224 e. The van der Waals surface area contributed by atoms with Crippen molar-refractivity contribution in [3.8, 4) is 0 Å². The summed E-state index contributed by atoms with van der Waals surface area (Å²) in [5, 5.41) is 6.66. The van der Waals surface area contributed by atoms with Crippen LogP contribution in [0.25, 0.3) is 0 Å². The standard InChI is InChI=1S/C18H28N2O/c1-5-17(21)20-16-10-6-9-15(13(16)2)19-14-8-7-11-18(3,4)12-14/h6,9-10,14,19H,5,7-8,11-12H2,1-4H3,(H,20,21). The quantitative estimate of drug-likeness (QED) is 0.841. The third-order valence-corrected chi connectivity index (χ3v) is 4.49. The van der Waals surface area contributed by atoms with Crippen molar-refractivity contribution in [2.75, 3.05) is 10.6 Å². The lowest BCUT2D eigenvalue weighted by molar-refractivity contribution is -0.115. The first kappa shape index (κ1) is 15.9. The van der Waals surface area contributed by atoms with Gasteiger partial charge in [-0.05, 0) is 49.3 Å². The molecule has 0 bridgehead atoms. The molecule has 0 heterocycles. The van der Waals surface area contributed by atoms with E-state index in [1.54, 1.807) is 0 Å². The molecule has 0 aliphatic heterocycles. The number of hydrogen-bond acceptors (Lipinski definition) is 2. The van der Waals surface area contributed by atoms with Gasteiger partial charge in [0, 0.05) is 23.8 Å². The van der Waals surface area contributed by atoms with Crippen LogP contribution in [0.15, 0.2) is 18.2 Å². The molecule has 0 spiro atoms. The Labute approximate surface area is 128 Å². The number of hydrogen-bond donors (Lipinski definition) is 2. The maximum Gasteiger partial charge on any atom is 0.224 e. The minimum Gasteiger partial charge on any atom is -0.382 e. The number of carbonyl (C=O) groups excluding carboxylic acids is 1. The summed E-state index contributed by atoms with van der Waals surface area (Å²) in [7, 11) is 0. The van der Waals surface area contributed by atoms with Crippen LogP contribution in [0.3, 0.4) is 0 Å². The van der Waals surface area contributed by atoms with Crippen molar-refractivity contribution in [1.29, 1.82) is 0 Å². The maximum atomic E-state index is 11.6. The molecule has 0 aromatic heterocycles. The molecular formula is C18H28N2O. The Morgan fingerprint density at radius 2 is 2.05 bits per heavy atom. The molecule has 2 N–H and O–H groups in total. The topological polar surface area (TPSA) is 41.1 Å². The first-order valence-electron chi connectivity index (χ1n) is 8.07. The highest BCUT2D eigenvalue weighted by atomic mass is 16.1. The predicted molar refractivity (Wildman–Crippen MR) is 89.8 cm³/mol. The van der Waals surface area contributed by atoms with Crippen LogP contribution in [-0.4, -0.2) is 11.9 Å². The number of benzene rings is 1. The highest BCUT2D eigenvalue weighted by Gasteiger charge is 2.28. The van der Waals surface area contributed by atoms with Crippen molar-refractivity contribution in [1.82, 2.24) is 0 Å². The molecule has 21 heavy (non-hydrogen) atoms. The van der Waals surface area contributed by atoms with Crippen molar-refractivity contribution >= 4 is 17.3 Å². The number of carbonyl (C=O) groups is 1. The van der Waals surface area contributed by atoms with Gasteiger partial charge in [-0.25, -0.2) is 0 Å². The SMILES string of the molecule is CCC(=O)Nc1cccc(NC2CCCC(C)(C)C2)c1C. The molecule has 3 heteroatoms. The van der Waals surface area contributed by atoms with E-state index in [2.05, 4.69) is 37.5 Å². The van der Waals surface area contributed by atoms with E-state index in [0.717, 1.165) is 16.9 Å². The highest BCUT2D eigenvalue weighted by Crippen LogP contribution is 2.37. The Hall–Kier alpha value is -1.51. The van der Waals surface area contributed by atoms with Gasteiger partial charge in [0.05, 0.1) is 0 Å². The fourth-order valence-electron chi connectivity index (χ4n) is 3.21. The highest BCUT2D eigenvalue weighted by molar-refractivity contribution is 5.92. The largest absolute Gasteiger partial charge is 0.382 e. The summed E-state index contributed by atoms with van der Waals surface area (Å²) in [5.74, 6) is 0.0639. The van der Waals surface area contributed by atoms with Gasteiger partial charge in [-0.15, -0.1) is 0 Å². The zero-order chi connectivity index (χ0) is 15.5. The van der Waals surface area contributed by atoms with Crippen molar-refractivity contribution in [2.24, 2.45) is 5.41 Å². The minimum atomic E-state index is 0.0639. The van der Waals surface area contributed by atoms with Gasteiger partial charge in [0.15, 0.2) is 0 Å². The Balaban J connectivity index is 2.10. The summed E-state index contributed by atoms with van der Waals surface area (Å²) in [6, 6.07) is 6.62. The first-order valence-corrected chi connectivity index (χ1v) is 8.07. The Morgan fingerprint density at radius 3 is 2.71 bits per heavy atom. The molecule has 2 rings (SSSR count). The molecule has 1 atom stereocenters. The van der Waals surface area contributed by atoms with Crippen LogP contribution in [0.5, 0.6) is 0 Å². The second-order valence-corrected chi connectivity index (χ2v) is 6.98. The molecule has 1 aromatic rings. The van der Waals surface area contributed by atoms with E-state index in [4.69, 9.17) is 0 Å². The van der Waals surface area contributed by atoms with Crippen molar-refractivity contribution < 1.29 is 4.79 Å². The van der Waals surface area contributed by atoms with Crippen LogP contribution in [0, 0.1) is 12.3 Å². The van der Waals surface area contributed by atoms with E-state index in [1.807, 2.05) is 19.1 Å². The molecule has 1 aliphatic rings. The van der Waals surface area contributed by atoms with Gasteiger partial charge in [-0.2, -0.15) is 0 Å². The summed E-state index contributed by atoms with van der Waals surface area (Å²) < 4.78 is 0. The molecule has 1 aromatic carbocycles. The Bertz CT molecular complexity index is 508. The normalized spacial score (nSPS) is 20.9. The predicted octanol–water partition coefficient (Wildman–Crippen LogP) is 4.72. The second-order valence-electron chi connectivity index (χ2n) is 6.98. The Morgan fingerprint density at radius 1 is 1.33 bits per heavy atom. The van der Waals surface area contributed by atoms with E-state index >= 15 is 0 Å². The summed E-state index contributed by atoms with van der Waals surface area (Å²) in [6.07, 6.45) is 5.55. The van der Waals surface area contributed by atoms with Crippen LogP contribution in [0.2, 0.25) is 0 Å². The van der Waals surface area contributed by atoms with E-state index in [0.29, 0.717) is 17.9 Å². The van der Waals surface area contributed by atoms with Gasteiger partial charge in [0.25, 0.3) is 0 Å². The summed E-state index contributed by atoms with van der Waals surface area (Å²) in [5.41, 5.74) is 3.62. The van der Waals surface area contributed by atoms with Gasteiger partial charge in [-0.1, -0.05) is 33.3 Å². The van der Waals surface area contributed by atoms with Crippen molar-refractivity contribution in [2.45, 2.75) is 65.8 Å². The van der Waals surface area contributed by atoms with Crippen LogP contribution in [0.4, 0.5) is 11.4 Å². The lowest BCUT2D eigenvalue weighted by atomic mass is 9.75. The molecular weight excluding hydrogens is 260 g/mol. The first-order chi connectivity index (χ1) is 9.91. The number of nitrogens with one attached hydrogen (secondary N) is 2.